The molecule has 0 amide bonds. The molecule has 2 rings (SSSR count). The Bertz CT molecular complexity index is 582. The monoisotopic (exact) mass is 339 g/mol. The summed E-state index contributed by atoms with van der Waals surface area (Å²) in [6, 6.07) is 4.37. The zero-order valence-corrected chi connectivity index (χ0v) is 14.9. The summed E-state index contributed by atoms with van der Waals surface area (Å²) in [5.41, 5.74) is 0. The molecule has 0 saturated carbocycles. The molecule has 0 aromatic carbocycles. The van der Waals surface area contributed by atoms with E-state index in [0.717, 1.165) is 36.1 Å². The fourth-order valence-corrected chi connectivity index (χ4v) is 2.73. The summed E-state index contributed by atoms with van der Waals surface area (Å²) in [5, 5.41) is 14.1. The Morgan fingerprint density at radius 1 is 1.17 bits per heavy atom. The second-order valence-electron chi connectivity index (χ2n) is 5.85. The van der Waals surface area contributed by atoms with Crippen molar-refractivity contribution in [3.63, 3.8) is 0 Å². The van der Waals surface area contributed by atoms with E-state index in [1.165, 1.54) is 0 Å². The molecule has 0 unspecified atom stereocenters. The minimum absolute atomic E-state index is 0.284. The summed E-state index contributed by atoms with van der Waals surface area (Å²) in [7, 11) is 4.06. The van der Waals surface area contributed by atoms with Crippen LogP contribution in [-0.2, 0) is 12.3 Å². The van der Waals surface area contributed by atoms with Gasteiger partial charge in [-0.3, -0.25) is 0 Å². The predicted octanol–water partition coefficient (Wildman–Crippen LogP) is 2.89. The molecular formula is C15H25N5O2S. The molecule has 2 aromatic rings. The third-order valence-corrected chi connectivity index (χ3v) is 3.87. The van der Waals surface area contributed by atoms with Crippen molar-refractivity contribution in [2.45, 2.75) is 32.2 Å². The van der Waals surface area contributed by atoms with Crippen molar-refractivity contribution in [3.8, 4) is 0 Å². The highest BCUT2D eigenvalue weighted by Crippen LogP contribution is 2.18. The molecule has 0 bridgehead atoms. The number of anilines is 2. The standard InChI is InChI=1S/C15H25N5O2S/c1-11(2)17-15-14(18-22-19-15)16-7-8-23-10-13-6-5-12(21-13)9-20(3)4/h5-6,11H,7-10H2,1-4H3,(H,16,18)(H,17,19). The van der Waals surface area contributed by atoms with Gasteiger partial charge in [0.05, 0.1) is 12.3 Å². The van der Waals surface area contributed by atoms with Gasteiger partial charge in [-0.15, -0.1) is 0 Å². The molecule has 0 fully saturated rings. The lowest BCUT2D eigenvalue weighted by atomic mass is 10.4. The van der Waals surface area contributed by atoms with Gasteiger partial charge >= 0.3 is 0 Å². The van der Waals surface area contributed by atoms with E-state index in [1.807, 2.05) is 51.8 Å². The molecule has 0 atom stereocenters. The molecule has 2 aromatic heterocycles. The second kappa shape index (κ2) is 8.83. The molecule has 0 aliphatic heterocycles. The van der Waals surface area contributed by atoms with Gasteiger partial charge in [-0.05, 0) is 50.4 Å². The van der Waals surface area contributed by atoms with Gasteiger partial charge in [0.1, 0.15) is 11.5 Å². The minimum atomic E-state index is 0.284. The minimum Gasteiger partial charge on any atom is -0.464 e. The SMILES string of the molecule is CC(C)Nc1nonc1NCCSCc1ccc(CN(C)C)o1. The van der Waals surface area contributed by atoms with Gasteiger partial charge in [-0.25, -0.2) is 4.63 Å². The summed E-state index contributed by atoms with van der Waals surface area (Å²) in [6.45, 7) is 5.71. The molecule has 0 aliphatic rings. The maximum atomic E-state index is 5.78. The van der Waals surface area contributed by atoms with Crippen molar-refractivity contribution in [3.05, 3.63) is 23.7 Å². The van der Waals surface area contributed by atoms with Crippen LogP contribution in [-0.4, -0.2) is 47.6 Å². The first-order valence-corrected chi connectivity index (χ1v) is 8.83. The first kappa shape index (κ1) is 17.7. The van der Waals surface area contributed by atoms with Crippen LogP contribution >= 0.6 is 11.8 Å². The molecule has 128 valence electrons. The largest absolute Gasteiger partial charge is 0.464 e. The Kier molecular flexibility index (Phi) is 6.79. The van der Waals surface area contributed by atoms with E-state index in [1.54, 1.807) is 0 Å². The lowest BCUT2D eigenvalue weighted by molar-refractivity contribution is 0.310. The number of hydrogen-bond donors (Lipinski definition) is 2. The van der Waals surface area contributed by atoms with E-state index in [-0.39, 0.29) is 6.04 Å². The van der Waals surface area contributed by atoms with Crippen LogP contribution in [0.4, 0.5) is 11.6 Å². The Morgan fingerprint density at radius 2 is 1.91 bits per heavy atom. The maximum Gasteiger partial charge on any atom is 0.215 e. The van der Waals surface area contributed by atoms with Crippen LogP contribution in [0.1, 0.15) is 25.4 Å². The summed E-state index contributed by atoms with van der Waals surface area (Å²) >= 11 is 1.81. The quantitative estimate of drug-likeness (QED) is 0.640. The fourth-order valence-electron chi connectivity index (χ4n) is 1.98. The van der Waals surface area contributed by atoms with E-state index in [2.05, 4.69) is 25.8 Å². The van der Waals surface area contributed by atoms with Crippen LogP contribution in [0.25, 0.3) is 0 Å². The number of nitrogens with zero attached hydrogens (tertiary/aromatic N) is 3. The van der Waals surface area contributed by atoms with Gasteiger partial charge in [0, 0.05) is 18.3 Å². The zero-order valence-electron chi connectivity index (χ0n) is 14.1. The van der Waals surface area contributed by atoms with Crippen molar-refractivity contribution in [1.82, 2.24) is 15.2 Å². The van der Waals surface area contributed by atoms with E-state index in [9.17, 15) is 0 Å². The summed E-state index contributed by atoms with van der Waals surface area (Å²) in [5.74, 6) is 5.13. The average Bonchev–Trinajstić information content (AvgIpc) is 3.07. The molecule has 23 heavy (non-hydrogen) atoms. The number of thioether (sulfide) groups is 1. The third kappa shape index (κ3) is 6.15. The Labute approximate surface area is 141 Å². The number of aromatic nitrogens is 2. The lowest BCUT2D eigenvalue weighted by Gasteiger charge is -2.08. The normalized spacial score (nSPS) is 11.4. The van der Waals surface area contributed by atoms with Gasteiger partial charge < -0.3 is 20.0 Å². The average molecular weight is 339 g/mol. The van der Waals surface area contributed by atoms with E-state index < -0.39 is 0 Å². The molecular weight excluding hydrogens is 314 g/mol. The highest BCUT2D eigenvalue weighted by atomic mass is 32.2. The van der Waals surface area contributed by atoms with Gasteiger partial charge in [0.15, 0.2) is 0 Å². The zero-order chi connectivity index (χ0) is 16.7. The fraction of sp³-hybridized carbons (Fsp3) is 0.600. The number of furan rings is 1. The summed E-state index contributed by atoms with van der Waals surface area (Å²) in [6.07, 6.45) is 0. The Hall–Kier alpha value is -1.67. The van der Waals surface area contributed by atoms with E-state index in [4.69, 9.17) is 9.05 Å². The topological polar surface area (TPSA) is 79.4 Å². The first-order chi connectivity index (χ1) is 11.0. The van der Waals surface area contributed by atoms with Gasteiger partial charge in [0.2, 0.25) is 11.6 Å². The smallest absolute Gasteiger partial charge is 0.215 e. The predicted molar refractivity (Wildman–Crippen MR) is 93.8 cm³/mol. The second-order valence-corrected chi connectivity index (χ2v) is 6.95. The molecule has 8 heteroatoms. The first-order valence-electron chi connectivity index (χ1n) is 7.67. The van der Waals surface area contributed by atoms with E-state index >= 15 is 0 Å². The maximum absolute atomic E-state index is 5.78. The highest BCUT2D eigenvalue weighted by molar-refractivity contribution is 7.98. The molecule has 0 saturated heterocycles. The molecule has 0 radical (unpaired) electrons. The van der Waals surface area contributed by atoms with Crippen molar-refractivity contribution in [2.75, 3.05) is 37.0 Å². The van der Waals surface area contributed by atoms with E-state index in [0.29, 0.717) is 11.6 Å². The van der Waals surface area contributed by atoms with Crippen LogP contribution in [0, 0.1) is 0 Å². The van der Waals surface area contributed by atoms with Crippen LogP contribution in [0.2, 0.25) is 0 Å². The molecule has 2 heterocycles. The third-order valence-electron chi connectivity index (χ3n) is 2.89. The number of nitrogens with one attached hydrogen (secondary N) is 2. The highest BCUT2D eigenvalue weighted by Gasteiger charge is 2.10. The van der Waals surface area contributed by atoms with Crippen LogP contribution in [0.3, 0.4) is 0 Å². The van der Waals surface area contributed by atoms with Gasteiger partial charge in [-0.1, -0.05) is 0 Å². The molecule has 0 spiro atoms. The molecule has 0 aliphatic carbocycles. The van der Waals surface area contributed by atoms with Crippen molar-refractivity contribution in [2.24, 2.45) is 0 Å². The van der Waals surface area contributed by atoms with Crippen molar-refractivity contribution < 1.29 is 9.05 Å². The van der Waals surface area contributed by atoms with Gasteiger partial charge in [-0.2, -0.15) is 11.8 Å². The Morgan fingerprint density at radius 3 is 2.65 bits per heavy atom. The molecule has 2 N–H and O–H groups in total. The lowest BCUT2D eigenvalue weighted by Crippen LogP contribution is -2.13. The molecule has 7 nitrogen and oxygen atoms in total. The van der Waals surface area contributed by atoms with Crippen molar-refractivity contribution >= 4 is 23.4 Å². The van der Waals surface area contributed by atoms with Crippen molar-refractivity contribution in [1.29, 1.82) is 0 Å². The summed E-state index contributed by atoms with van der Waals surface area (Å²) < 4.78 is 10.5. The summed E-state index contributed by atoms with van der Waals surface area (Å²) in [4.78, 5) is 2.09. The van der Waals surface area contributed by atoms with Crippen LogP contribution in [0.15, 0.2) is 21.2 Å². The Balaban J connectivity index is 1.66. The van der Waals surface area contributed by atoms with Crippen LogP contribution in [0.5, 0.6) is 0 Å². The van der Waals surface area contributed by atoms with Crippen LogP contribution < -0.4 is 10.6 Å². The number of hydrogen-bond acceptors (Lipinski definition) is 8. The number of rotatable bonds is 10. The van der Waals surface area contributed by atoms with Gasteiger partial charge in [0.25, 0.3) is 0 Å².